The van der Waals surface area contributed by atoms with Gasteiger partial charge in [-0.15, -0.1) is 0 Å². The summed E-state index contributed by atoms with van der Waals surface area (Å²) < 4.78 is 18.9. The molecule has 148 valence electrons. The van der Waals surface area contributed by atoms with Crippen molar-refractivity contribution in [1.29, 1.82) is 0 Å². The number of benzene rings is 2. The van der Waals surface area contributed by atoms with Crippen LogP contribution in [0.5, 0.6) is 0 Å². The molecule has 5 heteroatoms. The number of hydrogen-bond donors (Lipinski definition) is 0. The van der Waals surface area contributed by atoms with E-state index in [0.29, 0.717) is 31.4 Å². The number of nitrogens with zero attached hydrogens (tertiary/aromatic N) is 2. The number of anilines is 1. The van der Waals surface area contributed by atoms with E-state index in [1.165, 1.54) is 17.8 Å². The van der Waals surface area contributed by atoms with E-state index in [2.05, 4.69) is 29.2 Å². The summed E-state index contributed by atoms with van der Waals surface area (Å²) in [5, 5.41) is 0. The van der Waals surface area contributed by atoms with Gasteiger partial charge in [-0.25, -0.2) is 4.39 Å². The minimum absolute atomic E-state index is 0.179. The number of fused-ring (bicyclic) bond motifs is 1. The lowest BCUT2D eigenvalue weighted by Gasteiger charge is -2.43. The predicted octanol–water partition coefficient (Wildman–Crippen LogP) is 3.51. The number of ether oxygens (including phenoxy) is 1. The first-order valence-electron chi connectivity index (χ1n) is 10.1. The number of hydrogen-bond acceptors (Lipinski definition) is 3. The molecule has 2 aromatic rings. The summed E-state index contributed by atoms with van der Waals surface area (Å²) in [7, 11) is 0. The van der Waals surface area contributed by atoms with E-state index in [4.69, 9.17) is 4.74 Å². The van der Waals surface area contributed by atoms with Crippen LogP contribution in [-0.4, -0.2) is 49.7 Å². The van der Waals surface area contributed by atoms with Gasteiger partial charge in [0.1, 0.15) is 5.82 Å². The number of likely N-dealkylation sites (tertiary alicyclic amines) is 1. The van der Waals surface area contributed by atoms with Gasteiger partial charge in [-0.05, 0) is 42.7 Å². The number of para-hydroxylation sites is 1. The van der Waals surface area contributed by atoms with E-state index in [0.717, 1.165) is 38.2 Å². The Morgan fingerprint density at radius 3 is 2.64 bits per heavy atom. The fourth-order valence-electron chi connectivity index (χ4n) is 4.38. The van der Waals surface area contributed by atoms with Crippen molar-refractivity contribution in [3.63, 3.8) is 0 Å². The first kappa shape index (κ1) is 18.9. The lowest BCUT2D eigenvalue weighted by atomic mass is 9.90. The van der Waals surface area contributed by atoms with Crippen molar-refractivity contribution in [2.24, 2.45) is 5.92 Å². The highest BCUT2D eigenvalue weighted by atomic mass is 19.1. The summed E-state index contributed by atoms with van der Waals surface area (Å²) in [5.41, 5.74) is 2.23. The zero-order valence-corrected chi connectivity index (χ0v) is 16.1. The van der Waals surface area contributed by atoms with Gasteiger partial charge < -0.3 is 14.5 Å². The summed E-state index contributed by atoms with van der Waals surface area (Å²) in [6, 6.07) is 17.3. The third kappa shape index (κ3) is 4.36. The maximum absolute atomic E-state index is 13.0. The smallest absolute Gasteiger partial charge is 0.222 e. The molecule has 0 unspecified atom stereocenters. The molecule has 2 saturated heterocycles. The molecule has 2 aliphatic heterocycles. The lowest BCUT2D eigenvalue weighted by Crippen LogP contribution is -2.53. The first-order valence-corrected chi connectivity index (χ1v) is 10.1. The van der Waals surface area contributed by atoms with Crippen LogP contribution in [-0.2, 0) is 16.0 Å². The van der Waals surface area contributed by atoms with Crippen LogP contribution in [0.1, 0.15) is 18.4 Å². The van der Waals surface area contributed by atoms with E-state index in [1.54, 1.807) is 12.1 Å². The van der Waals surface area contributed by atoms with Crippen molar-refractivity contribution in [3.8, 4) is 0 Å². The van der Waals surface area contributed by atoms with Gasteiger partial charge in [0.25, 0.3) is 0 Å². The Kier molecular flexibility index (Phi) is 5.91. The first-order chi connectivity index (χ1) is 13.7. The van der Waals surface area contributed by atoms with Crippen LogP contribution >= 0.6 is 0 Å². The molecule has 4 nitrogen and oxygen atoms in total. The molecule has 0 spiro atoms. The van der Waals surface area contributed by atoms with Crippen LogP contribution < -0.4 is 4.90 Å². The van der Waals surface area contributed by atoms with Crippen molar-refractivity contribution >= 4 is 11.6 Å². The monoisotopic (exact) mass is 382 g/mol. The molecule has 2 aromatic carbocycles. The lowest BCUT2D eigenvalue weighted by molar-refractivity contribution is -0.133. The second kappa shape index (κ2) is 8.74. The Balaban J connectivity index is 1.38. The SMILES string of the molecule is O=C(CCc1ccc(F)cc1)N1CC[C@H]2[C@@H](COCCN2c2ccccc2)C1. The van der Waals surface area contributed by atoms with Crippen LogP contribution in [0.15, 0.2) is 54.6 Å². The molecule has 1 amide bonds. The molecule has 4 rings (SSSR count). The molecular formula is C23H27FN2O2. The average molecular weight is 382 g/mol. The largest absolute Gasteiger partial charge is 0.379 e. The van der Waals surface area contributed by atoms with Gasteiger partial charge >= 0.3 is 0 Å². The second-order valence-corrected chi connectivity index (χ2v) is 7.69. The highest BCUT2D eigenvalue weighted by Crippen LogP contribution is 2.29. The van der Waals surface area contributed by atoms with Gasteiger partial charge in [-0.1, -0.05) is 30.3 Å². The molecule has 2 heterocycles. The average Bonchev–Trinajstić information content (AvgIpc) is 2.95. The Hall–Kier alpha value is -2.40. The summed E-state index contributed by atoms with van der Waals surface area (Å²) in [6.45, 7) is 3.85. The fourth-order valence-corrected chi connectivity index (χ4v) is 4.38. The molecule has 0 aliphatic carbocycles. The van der Waals surface area contributed by atoms with E-state index >= 15 is 0 Å². The van der Waals surface area contributed by atoms with E-state index < -0.39 is 0 Å². The highest BCUT2D eigenvalue weighted by Gasteiger charge is 2.36. The highest BCUT2D eigenvalue weighted by molar-refractivity contribution is 5.76. The third-order valence-electron chi connectivity index (χ3n) is 5.88. The number of amides is 1. The summed E-state index contributed by atoms with van der Waals surface area (Å²) >= 11 is 0. The zero-order chi connectivity index (χ0) is 19.3. The number of piperidine rings is 1. The molecule has 0 aromatic heterocycles. The van der Waals surface area contributed by atoms with Gasteiger partial charge in [0.15, 0.2) is 0 Å². The number of halogens is 1. The minimum atomic E-state index is -0.242. The number of carbonyl (C=O) groups excluding carboxylic acids is 1. The maximum Gasteiger partial charge on any atom is 0.222 e. The topological polar surface area (TPSA) is 32.8 Å². The molecule has 2 fully saturated rings. The summed E-state index contributed by atoms with van der Waals surface area (Å²) in [5.74, 6) is 0.262. The molecule has 28 heavy (non-hydrogen) atoms. The van der Waals surface area contributed by atoms with Crippen LogP contribution in [0, 0.1) is 11.7 Å². The molecule has 2 atom stereocenters. The van der Waals surface area contributed by atoms with Crippen LogP contribution in [0.2, 0.25) is 0 Å². The number of carbonyl (C=O) groups is 1. The molecule has 0 saturated carbocycles. The van der Waals surface area contributed by atoms with Crippen LogP contribution in [0.4, 0.5) is 10.1 Å². The third-order valence-corrected chi connectivity index (χ3v) is 5.88. The molecule has 0 radical (unpaired) electrons. The van der Waals surface area contributed by atoms with Crippen molar-refractivity contribution in [1.82, 2.24) is 4.90 Å². The Morgan fingerprint density at radius 1 is 1.07 bits per heavy atom. The van der Waals surface area contributed by atoms with Gasteiger partial charge in [-0.3, -0.25) is 4.79 Å². The van der Waals surface area contributed by atoms with E-state index in [1.807, 2.05) is 11.0 Å². The molecule has 0 bridgehead atoms. The summed E-state index contributed by atoms with van der Waals surface area (Å²) in [6.07, 6.45) is 2.08. The number of aryl methyl sites for hydroxylation is 1. The van der Waals surface area contributed by atoms with Crippen molar-refractivity contribution in [2.75, 3.05) is 37.7 Å². The Morgan fingerprint density at radius 2 is 1.86 bits per heavy atom. The molecule has 0 N–H and O–H groups in total. The Bertz CT molecular complexity index is 781. The van der Waals surface area contributed by atoms with E-state index in [-0.39, 0.29) is 11.7 Å². The normalized spacial score (nSPS) is 22.5. The van der Waals surface area contributed by atoms with Crippen molar-refractivity contribution < 1.29 is 13.9 Å². The van der Waals surface area contributed by atoms with Crippen LogP contribution in [0.3, 0.4) is 0 Å². The second-order valence-electron chi connectivity index (χ2n) is 7.69. The zero-order valence-electron chi connectivity index (χ0n) is 16.1. The standard InChI is InChI=1S/C23H27FN2O2/c24-20-9-6-18(7-10-20)8-11-23(27)25-13-12-22-19(16-25)17-28-15-14-26(22)21-4-2-1-3-5-21/h1-7,9-10,19,22H,8,11-17H2/t19-,22+/m1/s1. The summed E-state index contributed by atoms with van der Waals surface area (Å²) in [4.78, 5) is 17.2. The Labute approximate surface area is 165 Å². The van der Waals surface area contributed by atoms with Gasteiger partial charge in [0.05, 0.1) is 13.2 Å². The van der Waals surface area contributed by atoms with Crippen molar-refractivity contribution in [2.45, 2.75) is 25.3 Å². The predicted molar refractivity (Wildman–Crippen MR) is 108 cm³/mol. The van der Waals surface area contributed by atoms with Crippen molar-refractivity contribution in [3.05, 3.63) is 66.0 Å². The molecule has 2 aliphatic rings. The van der Waals surface area contributed by atoms with Gasteiger partial charge in [-0.2, -0.15) is 0 Å². The maximum atomic E-state index is 13.0. The quantitative estimate of drug-likeness (QED) is 0.811. The number of rotatable bonds is 4. The fraction of sp³-hybridized carbons (Fsp3) is 0.435. The molecular weight excluding hydrogens is 355 g/mol. The van der Waals surface area contributed by atoms with Crippen LogP contribution in [0.25, 0.3) is 0 Å². The van der Waals surface area contributed by atoms with Gasteiger partial charge in [0, 0.05) is 43.7 Å². The van der Waals surface area contributed by atoms with E-state index in [9.17, 15) is 9.18 Å². The minimum Gasteiger partial charge on any atom is -0.379 e. The van der Waals surface area contributed by atoms with Gasteiger partial charge in [0.2, 0.25) is 5.91 Å².